The van der Waals surface area contributed by atoms with Crippen LogP contribution in [0.25, 0.3) is 11.3 Å². The van der Waals surface area contributed by atoms with Crippen molar-refractivity contribution >= 4 is 17.5 Å². The highest BCUT2D eigenvalue weighted by Crippen LogP contribution is 2.28. The van der Waals surface area contributed by atoms with Gasteiger partial charge < -0.3 is 10.4 Å². The largest absolute Gasteiger partial charge is 0.396 e. The number of carbonyl (C=O) groups excluding carboxylic acids is 1. The van der Waals surface area contributed by atoms with Crippen molar-refractivity contribution in [2.24, 2.45) is 7.05 Å². The number of hydrogen-bond donors (Lipinski definition) is 2. The number of benzene rings is 1. The summed E-state index contributed by atoms with van der Waals surface area (Å²) in [5.41, 5.74) is 1.80. The lowest BCUT2D eigenvalue weighted by Gasteiger charge is -2.13. The molecule has 2 N–H and O–H groups in total. The molecular weight excluding hydrogens is 302 g/mol. The summed E-state index contributed by atoms with van der Waals surface area (Å²) in [5.74, 6) is -0.187. The van der Waals surface area contributed by atoms with Gasteiger partial charge in [-0.25, -0.2) is 0 Å². The van der Waals surface area contributed by atoms with Crippen LogP contribution in [0.15, 0.2) is 30.5 Å². The Morgan fingerprint density at radius 2 is 2.18 bits per heavy atom. The fraction of sp³-hybridized carbons (Fsp3) is 0.375. The van der Waals surface area contributed by atoms with Crippen LogP contribution in [0.1, 0.15) is 30.1 Å². The zero-order valence-corrected chi connectivity index (χ0v) is 13.5. The van der Waals surface area contributed by atoms with Crippen molar-refractivity contribution in [2.75, 3.05) is 6.61 Å². The van der Waals surface area contributed by atoms with Crippen LogP contribution in [0.4, 0.5) is 0 Å². The summed E-state index contributed by atoms with van der Waals surface area (Å²) in [6.07, 6.45) is 3.07. The monoisotopic (exact) mass is 321 g/mol. The van der Waals surface area contributed by atoms with E-state index in [4.69, 9.17) is 16.7 Å². The second-order valence-corrected chi connectivity index (χ2v) is 5.69. The van der Waals surface area contributed by atoms with Crippen molar-refractivity contribution in [1.82, 2.24) is 15.1 Å². The predicted octanol–water partition coefficient (Wildman–Crippen LogP) is 2.63. The minimum absolute atomic E-state index is 0.0149. The van der Waals surface area contributed by atoms with E-state index >= 15 is 0 Å². The topological polar surface area (TPSA) is 67.2 Å². The molecule has 6 heteroatoms. The summed E-state index contributed by atoms with van der Waals surface area (Å²) in [4.78, 5) is 12.5. The summed E-state index contributed by atoms with van der Waals surface area (Å²) in [7, 11) is 1.77. The Hall–Kier alpha value is -1.85. The van der Waals surface area contributed by atoms with Gasteiger partial charge in [-0.05, 0) is 25.8 Å². The fourth-order valence-corrected chi connectivity index (χ4v) is 2.50. The molecule has 1 unspecified atom stereocenters. The van der Waals surface area contributed by atoms with E-state index < -0.39 is 0 Å². The van der Waals surface area contributed by atoms with Gasteiger partial charge in [-0.3, -0.25) is 9.48 Å². The number of carbonyl (C=O) groups is 1. The molecule has 118 valence electrons. The van der Waals surface area contributed by atoms with Gasteiger partial charge in [0.05, 0.1) is 10.6 Å². The first-order valence-corrected chi connectivity index (χ1v) is 7.61. The van der Waals surface area contributed by atoms with Crippen LogP contribution in [0.3, 0.4) is 0 Å². The molecule has 0 aliphatic heterocycles. The maximum absolute atomic E-state index is 12.5. The third-order valence-corrected chi connectivity index (χ3v) is 3.70. The first kappa shape index (κ1) is 16.5. The third kappa shape index (κ3) is 3.87. The highest BCUT2D eigenvalue weighted by atomic mass is 35.5. The number of aryl methyl sites for hydroxylation is 1. The van der Waals surface area contributed by atoms with Crippen LogP contribution >= 0.6 is 11.6 Å². The standard InChI is InChI=1S/C16H20ClN3O2/c1-11(6-5-9-21)18-16(22)13-10-20(2)19-15(13)12-7-3-4-8-14(12)17/h3-4,7-8,10-11,21H,5-6,9H2,1-2H3,(H,18,22). The molecule has 2 rings (SSSR count). The molecule has 1 aromatic heterocycles. The lowest BCUT2D eigenvalue weighted by molar-refractivity contribution is 0.0937. The van der Waals surface area contributed by atoms with E-state index in [-0.39, 0.29) is 18.6 Å². The average Bonchev–Trinajstić information content (AvgIpc) is 2.87. The molecule has 1 amide bonds. The van der Waals surface area contributed by atoms with Gasteiger partial charge in [0.15, 0.2) is 0 Å². The van der Waals surface area contributed by atoms with Crippen molar-refractivity contribution in [2.45, 2.75) is 25.8 Å². The molecule has 0 bridgehead atoms. The summed E-state index contributed by atoms with van der Waals surface area (Å²) >= 11 is 6.21. The first-order chi connectivity index (χ1) is 10.5. The average molecular weight is 322 g/mol. The van der Waals surface area contributed by atoms with Gasteiger partial charge in [0.2, 0.25) is 0 Å². The van der Waals surface area contributed by atoms with Crippen LogP contribution in [0.5, 0.6) is 0 Å². The molecule has 1 heterocycles. The number of halogens is 1. The molecular formula is C16H20ClN3O2. The van der Waals surface area contributed by atoms with Gasteiger partial charge >= 0.3 is 0 Å². The maximum atomic E-state index is 12.5. The van der Waals surface area contributed by atoms with Crippen LogP contribution in [-0.4, -0.2) is 33.4 Å². The van der Waals surface area contributed by atoms with Gasteiger partial charge in [-0.1, -0.05) is 29.8 Å². The molecule has 0 aliphatic rings. The van der Waals surface area contributed by atoms with Gasteiger partial charge in [-0.15, -0.1) is 0 Å². The number of hydrogen-bond acceptors (Lipinski definition) is 3. The normalized spacial score (nSPS) is 12.2. The molecule has 1 aromatic carbocycles. The molecule has 0 spiro atoms. The Balaban J connectivity index is 2.25. The second kappa shape index (κ2) is 7.42. The van der Waals surface area contributed by atoms with Crippen LogP contribution in [0, 0.1) is 0 Å². The summed E-state index contributed by atoms with van der Waals surface area (Å²) in [5, 5.41) is 16.7. The molecule has 0 aliphatic carbocycles. The van der Waals surface area contributed by atoms with E-state index in [1.807, 2.05) is 25.1 Å². The van der Waals surface area contributed by atoms with Crippen LogP contribution in [0.2, 0.25) is 5.02 Å². The van der Waals surface area contributed by atoms with Gasteiger partial charge in [0.25, 0.3) is 5.91 Å². The number of amides is 1. The Bertz CT molecular complexity index is 655. The van der Waals surface area contributed by atoms with Crippen molar-refractivity contribution in [3.8, 4) is 11.3 Å². The zero-order chi connectivity index (χ0) is 16.1. The van der Waals surface area contributed by atoms with Crippen molar-refractivity contribution < 1.29 is 9.90 Å². The van der Waals surface area contributed by atoms with E-state index in [2.05, 4.69) is 10.4 Å². The molecule has 1 atom stereocenters. The lowest BCUT2D eigenvalue weighted by Crippen LogP contribution is -2.32. The molecule has 0 saturated heterocycles. The van der Waals surface area contributed by atoms with E-state index in [1.165, 1.54) is 0 Å². The second-order valence-electron chi connectivity index (χ2n) is 5.29. The quantitative estimate of drug-likeness (QED) is 0.859. The number of aliphatic hydroxyl groups excluding tert-OH is 1. The Morgan fingerprint density at radius 1 is 1.45 bits per heavy atom. The van der Waals surface area contributed by atoms with Crippen molar-refractivity contribution in [3.05, 3.63) is 41.0 Å². The number of aliphatic hydroxyl groups is 1. The third-order valence-electron chi connectivity index (χ3n) is 3.38. The van der Waals surface area contributed by atoms with Gasteiger partial charge in [-0.2, -0.15) is 5.10 Å². The predicted molar refractivity (Wildman–Crippen MR) is 86.9 cm³/mol. The highest BCUT2D eigenvalue weighted by Gasteiger charge is 2.19. The molecule has 0 radical (unpaired) electrons. The highest BCUT2D eigenvalue weighted by molar-refractivity contribution is 6.33. The summed E-state index contributed by atoms with van der Waals surface area (Å²) < 4.78 is 1.60. The number of nitrogens with one attached hydrogen (secondary N) is 1. The minimum atomic E-state index is -0.187. The van der Waals surface area contributed by atoms with Gasteiger partial charge in [0, 0.05) is 31.5 Å². The smallest absolute Gasteiger partial charge is 0.255 e. The van der Waals surface area contributed by atoms with Crippen LogP contribution in [-0.2, 0) is 7.05 Å². The van der Waals surface area contributed by atoms with Crippen molar-refractivity contribution in [3.63, 3.8) is 0 Å². The number of aromatic nitrogens is 2. The van der Waals surface area contributed by atoms with E-state index in [0.29, 0.717) is 22.7 Å². The Morgan fingerprint density at radius 3 is 2.86 bits per heavy atom. The minimum Gasteiger partial charge on any atom is -0.396 e. The van der Waals surface area contributed by atoms with E-state index in [1.54, 1.807) is 24.0 Å². The molecule has 0 saturated carbocycles. The lowest BCUT2D eigenvalue weighted by atomic mass is 10.1. The zero-order valence-electron chi connectivity index (χ0n) is 12.7. The maximum Gasteiger partial charge on any atom is 0.255 e. The Labute approximate surface area is 134 Å². The van der Waals surface area contributed by atoms with E-state index in [9.17, 15) is 4.79 Å². The van der Waals surface area contributed by atoms with Crippen LogP contribution < -0.4 is 5.32 Å². The van der Waals surface area contributed by atoms with Crippen molar-refractivity contribution in [1.29, 1.82) is 0 Å². The summed E-state index contributed by atoms with van der Waals surface area (Å²) in [6.45, 7) is 2.04. The molecule has 0 fully saturated rings. The number of rotatable bonds is 6. The summed E-state index contributed by atoms with van der Waals surface area (Å²) in [6, 6.07) is 7.31. The molecule has 2 aromatic rings. The SMILES string of the molecule is CC(CCCO)NC(=O)c1cn(C)nc1-c1ccccc1Cl. The molecule has 5 nitrogen and oxygen atoms in total. The van der Waals surface area contributed by atoms with Gasteiger partial charge in [0.1, 0.15) is 5.69 Å². The Kier molecular flexibility index (Phi) is 5.57. The fourth-order valence-electron chi connectivity index (χ4n) is 2.28. The van der Waals surface area contributed by atoms with E-state index in [0.717, 1.165) is 12.0 Å². The first-order valence-electron chi connectivity index (χ1n) is 7.23. The molecule has 22 heavy (non-hydrogen) atoms. The number of nitrogens with zero attached hydrogens (tertiary/aromatic N) is 2.